The summed E-state index contributed by atoms with van der Waals surface area (Å²) in [6.07, 6.45) is -3.25. The second-order valence-electron chi connectivity index (χ2n) is 7.31. The van der Waals surface area contributed by atoms with E-state index in [1.807, 2.05) is 37.9 Å². The van der Waals surface area contributed by atoms with Crippen LogP contribution in [0, 0.1) is 0 Å². The Morgan fingerprint density at radius 3 is 2.53 bits per heavy atom. The minimum Gasteiger partial charge on any atom is -0.340 e. The molecule has 1 aromatic heterocycles. The number of imidazole rings is 1. The summed E-state index contributed by atoms with van der Waals surface area (Å²) in [7, 11) is 1.83. The quantitative estimate of drug-likeness (QED) is 0.341. The van der Waals surface area contributed by atoms with Crippen molar-refractivity contribution in [3.63, 3.8) is 0 Å². The largest absolute Gasteiger partial charge is 0.416 e. The standard InChI is InChI=1S/C21H22F3N7O.C2H6/c1-31-19-17(27-12-28-19)18(25-10-13-5-7-16(30-32)8-6-13)29-20(31)26-11-14-3-2-4-15(9-14)21(22,23)24;1-2/h2-9,12,20,26,30,32H,10-11H2,1H3,(H,25,29)(H,27,28);1-2H3. The number of aromatic amines is 1. The zero-order chi connectivity index (χ0) is 24.7. The summed E-state index contributed by atoms with van der Waals surface area (Å²) in [6.45, 7) is 4.60. The number of aromatic nitrogens is 2. The van der Waals surface area contributed by atoms with E-state index in [4.69, 9.17) is 5.21 Å². The summed E-state index contributed by atoms with van der Waals surface area (Å²) in [5, 5.41) is 15.4. The number of nitrogens with one attached hydrogen (secondary N) is 4. The van der Waals surface area contributed by atoms with E-state index in [2.05, 4.69) is 31.1 Å². The van der Waals surface area contributed by atoms with E-state index in [1.54, 1.807) is 24.5 Å². The smallest absolute Gasteiger partial charge is 0.340 e. The van der Waals surface area contributed by atoms with Gasteiger partial charge in [0.15, 0.2) is 17.9 Å². The number of nitrogens with zero attached hydrogens (tertiary/aromatic N) is 3. The van der Waals surface area contributed by atoms with Gasteiger partial charge in [-0.2, -0.15) is 13.2 Å². The summed E-state index contributed by atoms with van der Waals surface area (Å²) < 4.78 is 39.0. The van der Waals surface area contributed by atoms with Crippen LogP contribution in [-0.4, -0.2) is 34.3 Å². The topological polar surface area (TPSA) is 101 Å². The molecule has 0 spiro atoms. The molecule has 11 heteroatoms. The van der Waals surface area contributed by atoms with Crippen LogP contribution in [0.15, 0.2) is 59.9 Å². The third-order valence-corrected chi connectivity index (χ3v) is 5.11. The number of hydrogen-bond donors (Lipinski definition) is 5. The van der Waals surface area contributed by atoms with Gasteiger partial charge in [-0.1, -0.05) is 44.2 Å². The Bertz CT molecular complexity index is 1100. The summed E-state index contributed by atoms with van der Waals surface area (Å²) in [5.74, 6) is 1.25. The Labute approximate surface area is 195 Å². The van der Waals surface area contributed by atoms with Crippen LogP contribution in [0.1, 0.15) is 36.2 Å². The summed E-state index contributed by atoms with van der Waals surface area (Å²) >= 11 is 0. The van der Waals surface area contributed by atoms with Gasteiger partial charge in [0.25, 0.3) is 0 Å². The van der Waals surface area contributed by atoms with E-state index in [0.29, 0.717) is 29.4 Å². The number of benzene rings is 2. The molecular formula is C23H28F3N7O. The fourth-order valence-corrected chi connectivity index (χ4v) is 3.39. The summed E-state index contributed by atoms with van der Waals surface area (Å²) in [5.41, 5.74) is 4.15. The van der Waals surface area contributed by atoms with Crippen molar-refractivity contribution in [2.24, 2.45) is 4.99 Å². The fraction of sp³-hybridized carbons (Fsp3) is 0.304. The highest BCUT2D eigenvalue weighted by molar-refractivity contribution is 6.03. The van der Waals surface area contributed by atoms with Gasteiger partial charge in [0.1, 0.15) is 5.69 Å². The monoisotopic (exact) mass is 475 g/mol. The van der Waals surface area contributed by atoms with Crippen LogP contribution in [0.25, 0.3) is 0 Å². The zero-order valence-electron chi connectivity index (χ0n) is 19.1. The highest BCUT2D eigenvalue weighted by Crippen LogP contribution is 2.29. The van der Waals surface area contributed by atoms with E-state index in [9.17, 15) is 13.2 Å². The van der Waals surface area contributed by atoms with Crippen molar-refractivity contribution in [1.82, 2.24) is 20.6 Å². The summed E-state index contributed by atoms with van der Waals surface area (Å²) in [6, 6.07) is 12.4. The molecule has 2 heterocycles. The predicted molar refractivity (Wildman–Crippen MR) is 126 cm³/mol. The molecule has 0 fully saturated rings. The van der Waals surface area contributed by atoms with Gasteiger partial charge < -0.3 is 15.2 Å². The molecule has 4 rings (SSSR count). The molecule has 5 N–H and O–H groups in total. The molecule has 0 bridgehead atoms. The van der Waals surface area contributed by atoms with Gasteiger partial charge in [-0.3, -0.25) is 21.0 Å². The van der Waals surface area contributed by atoms with Gasteiger partial charge in [-0.25, -0.2) is 4.98 Å². The lowest BCUT2D eigenvalue weighted by Crippen LogP contribution is -2.59. The highest BCUT2D eigenvalue weighted by atomic mass is 19.4. The lowest BCUT2D eigenvalue weighted by molar-refractivity contribution is -0.137. The van der Waals surface area contributed by atoms with Crippen LogP contribution in [0.5, 0.6) is 0 Å². The van der Waals surface area contributed by atoms with Gasteiger partial charge in [-0.15, -0.1) is 0 Å². The van der Waals surface area contributed by atoms with E-state index >= 15 is 0 Å². The molecule has 1 atom stereocenters. The normalized spacial score (nSPS) is 16.4. The number of fused-ring (bicyclic) bond motifs is 1. The molecule has 1 aliphatic rings. The lowest BCUT2D eigenvalue weighted by atomic mass is 10.1. The summed E-state index contributed by atoms with van der Waals surface area (Å²) in [4.78, 5) is 13.9. The number of alkyl halides is 3. The molecule has 1 unspecified atom stereocenters. The van der Waals surface area contributed by atoms with E-state index in [-0.39, 0.29) is 6.54 Å². The maximum atomic E-state index is 13.0. The number of rotatable bonds is 6. The fourth-order valence-electron chi connectivity index (χ4n) is 3.39. The Kier molecular flexibility index (Phi) is 8.13. The first-order valence-electron chi connectivity index (χ1n) is 10.8. The van der Waals surface area contributed by atoms with Crippen molar-refractivity contribution in [2.75, 3.05) is 17.4 Å². The minimum atomic E-state index is -4.38. The molecule has 0 saturated heterocycles. The number of H-pyrrole nitrogens is 1. The number of hydrogen-bond acceptors (Lipinski definition) is 6. The van der Waals surface area contributed by atoms with Crippen LogP contribution in [0.3, 0.4) is 0 Å². The molecule has 34 heavy (non-hydrogen) atoms. The maximum absolute atomic E-state index is 13.0. The first-order valence-corrected chi connectivity index (χ1v) is 10.8. The first kappa shape index (κ1) is 25.1. The van der Waals surface area contributed by atoms with Crippen molar-refractivity contribution in [2.45, 2.75) is 39.4 Å². The van der Waals surface area contributed by atoms with Gasteiger partial charge in [0, 0.05) is 13.6 Å². The molecule has 0 saturated carbocycles. The van der Waals surface area contributed by atoms with Crippen molar-refractivity contribution in [3.05, 3.63) is 77.2 Å². The van der Waals surface area contributed by atoms with Crippen LogP contribution in [0.4, 0.5) is 24.7 Å². The molecule has 182 valence electrons. The Morgan fingerprint density at radius 2 is 1.85 bits per heavy atom. The average Bonchev–Trinajstić information content (AvgIpc) is 3.35. The van der Waals surface area contributed by atoms with Gasteiger partial charge in [0.05, 0.1) is 24.1 Å². The zero-order valence-corrected chi connectivity index (χ0v) is 19.1. The molecular weight excluding hydrogens is 447 g/mol. The molecule has 3 aromatic rings. The number of anilines is 2. The molecule has 1 aliphatic heterocycles. The third-order valence-electron chi connectivity index (χ3n) is 5.11. The SMILES string of the molecule is CC.CN1c2nc[nH]c2C(=NCc2ccc(NO)cc2)NC1NCc1cccc(C(F)(F)F)c1. The predicted octanol–water partition coefficient (Wildman–Crippen LogP) is 4.32. The number of amidine groups is 1. The van der Waals surface area contributed by atoms with Crippen molar-refractivity contribution in [1.29, 1.82) is 0 Å². The highest BCUT2D eigenvalue weighted by Gasteiger charge is 2.31. The van der Waals surface area contributed by atoms with Crippen LogP contribution in [0.2, 0.25) is 0 Å². The second-order valence-corrected chi connectivity index (χ2v) is 7.31. The molecule has 0 radical (unpaired) electrons. The van der Waals surface area contributed by atoms with E-state index < -0.39 is 18.0 Å². The van der Waals surface area contributed by atoms with Gasteiger partial charge in [0.2, 0.25) is 0 Å². The third kappa shape index (κ3) is 5.86. The number of halogens is 3. The van der Waals surface area contributed by atoms with Crippen LogP contribution < -0.4 is 21.0 Å². The van der Waals surface area contributed by atoms with Crippen molar-refractivity contribution >= 4 is 17.3 Å². The van der Waals surface area contributed by atoms with Crippen LogP contribution in [-0.2, 0) is 19.3 Å². The maximum Gasteiger partial charge on any atom is 0.416 e. The molecule has 2 aromatic carbocycles. The van der Waals surface area contributed by atoms with E-state index in [0.717, 1.165) is 23.4 Å². The molecule has 0 amide bonds. The Hall–Kier alpha value is -3.57. The Morgan fingerprint density at radius 1 is 1.12 bits per heavy atom. The molecule has 0 aliphatic carbocycles. The van der Waals surface area contributed by atoms with Crippen LogP contribution >= 0.6 is 0 Å². The molecule has 8 nitrogen and oxygen atoms in total. The van der Waals surface area contributed by atoms with Gasteiger partial charge >= 0.3 is 6.18 Å². The lowest BCUT2D eigenvalue weighted by Gasteiger charge is -2.35. The minimum absolute atomic E-state index is 0.217. The van der Waals surface area contributed by atoms with Crippen molar-refractivity contribution in [3.8, 4) is 0 Å². The van der Waals surface area contributed by atoms with E-state index in [1.165, 1.54) is 6.07 Å². The number of aliphatic imine (C=N–C) groups is 1. The average molecular weight is 476 g/mol. The Balaban J connectivity index is 0.00000158. The van der Waals surface area contributed by atoms with Crippen molar-refractivity contribution < 1.29 is 18.4 Å². The van der Waals surface area contributed by atoms with Gasteiger partial charge in [-0.05, 0) is 29.3 Å². The first-order chi connectivity index (χ1) is 16.3. The second kappa shape index (κ2) is 11.0.